The zero-order valence-corrected chi connectivity index (χ0v) is 28.3. The minimum Gasteiger partial charge on any atom is -0.494 e. The van der Waals surface area contributed by atoms with Gasteiger partial charge in [-0.25, -0.2) is 9.97 Å². The third-order valence-corrected chi connectivity index (χ3v) is 9.15. The summed E-state index contributed by atoms with van der Waals surface area (Å²) in [6, 6.07) is 18.8. The average Bonchev–Trinajstić information content (AvgIpc) is 3.58. The molecule has 2 heterocycles. The number of hydrogen-bond donors (Lipinski definition) is 3. The van der Waals surface area contributed by atoms with Crippen molar-refractivity contribution in [2.45, 2.75) is 77.7 Å². The Hall–Kier alpha value is -4.08. The molecule has 0 aliphatic heterocycles. The Labute approximate surface area is 277 Å². The summed E-state index contributed by atoms with van der Waals surface area (Å²) < 4.78 is 5.89. The third kappa shape index (κ3) is 10.2. The first-order valence-electron chi connectivity index (χ1n) is 16.2. The molecule has 0 radical (unpaired) electrons. The molecule has 4 aromatic rings. The maximum absolute atomic E-state index is 13.1. The van der Waals surface area contributed by atoms with Gasteiger partial charge in [0.05, 0.1) is 11.5 Å². The standard InChI is InChI=1S/C37H47N5O3S/c1-5-6-7-8-9-22-45-30-16-14-27(15-17-30)29-24-40-34(41-25-29)28-12-10-26(11-13-28)23-31(35(43)39-21-20-38)42-36(44)32-18-19-33(46-32)37(2,3)4/h10-19,24-25,31H,5-9,20-23,38H2,1-4H3,(H,39,43)(H,42,44). The third-order valence-electron chi connectivity index (χ3n) is 7.64. The van der Waals surface area contributed by atoms with Crippen LogP contribution < -0.4 is 21.1 Å². The van der Waals surface area contributed by atoms with E-state index in [-0.39, 0.29) is 17.2 Å². The number of aromatic nitrogens is 2. The van der Waals surface area contributed by atoms with Gasteiger partial charge in [0.15, 0.2) is 5.82 Å². The Bertz CT molecular complexity index is 1530. The number of rotatable bonds is 16. The minimum absolute atomic E-state index is 0.0550. The van der Waals surface area contributed by atoms with E-state index in [1.54, 1.807) is 0 Å². The van der Waals surface area contributed by atoms with Gasteiger partial charge in [-0.15, -0.1) is 11.3 Å². The van der Waals surface area contributed by atoms with Crippen LogP contribution in [0, 0.1) is 0 Å². The molecule has 0 saturated heterocycles. The number of ether oxygens (including phenoxy) is 1. The predicted octanol–water partition coefficient (Wildman–Crippen LogP) is 6.93. The number of nitrogens with zero attached hydrogens (tertiary/aromatic N) is 2. The fourth-order valence-electron chi connectivity index (χ4n) is 4.91. The first-order chi connectivity index (χ1) is 22.2. The van der Waals surface area contributed by atoms with Crippen LogP contribution in [0.25, 0.3) is 22.5 Å². The first-order valence-corrected chi connectivity index (χ1v) is 17.0. The summed E-state index contributed by atoms with van der Waals surface area (Å²) in [7, 11) is 0. The van der Waals surface area contributed by atoms with Gasteiger partial charge >= 0.3 is 0 Å². The van der Waals surface area contributed by atoms with Crippen molar-refractivity contribution in [3.05, 3.63) is 88.4 Å². The van der Waals surface area contributed by atoms with Gasteiger partial charge in [-0.05, 0) is 47.2 Å². The lowest BCUT2D eigenvalue weighted by Gasteiger charge is -2.19. The topological polar surface area (TPSA) is 119 Å². The van der Waals surface area contributed by atoms with Crippen LogP contribution in [0.15, 0.2) is 73.1 Å². The molecule has 2 aromatic heterocycles. The van der Waals surface area contributed by atoms with Gasteiger partial charge in [-0.1, -0.05) is 89.8 Å². The van der Waals surface area contributed by atoms with Crippen molar-refractivity contribution in [3.63, 3.8) is 0 Å². The van der Waals surface area contributed by atoms with Gasteiger partial charge < -0.3 is 21.1 Å². The molecular formula is C37H47N5O3S. The SMILES string of the molecule is CCCCCCCOc1ccc(-c2cnc(-c3ccc(CC(NC(=O)c4ccc(C(C)(C)C)s4)C(=O)NCCN)cc3)nc2)cc1. The summed E-state index contributed by atoms with van der Waals surface area (Å²) >= 11 is 1.45. The van der Waals surface area contributed by atoms with Gasteiger partial charge in [0, 0.05) is 47.9 Å². The van der Waals surface area contributed by atoms with Crippen molar-refractivity contribution < 1.29 is 14.3 Å². The second-order valence-electron chi connectivity index (χ2n) is 12.5. The Morgan fingerprint density at radius 3 is 2.17 bits per heavy atom. The quantitative estimate of drug-likeness (QED) is 0.114. The number of nitrogens with one attached hydrogen (secondary N) is 2. The Balaban J connectivity index is 1.37. The lowest BCUT2D eigenvalue weighted by Crippen LogP contribution is -2.48. The number of benzene rings is 2. The second-order valence-corrected chi connectivity index (χ2v) is 13.6. The molecule has 0 fully saturated rings. The zero-order valence-electron chi connectivity index (χ0n) is 27.5. The minimum atomic E-state index is -0.747. The molecule has 9 heteroatoms. The van der Waals surface area contributed by atoms with Crippen LogP contribution in [0.5, 0.6) is 5.75 Å². The normalized spacial score (nSPS) is 12.0. The predicted molar refractivity (Wildman–Crippen MR) is 187 cm³/mol. The first kappa shape index (κ1) is 34.8. The monoisotopic (exact) mass is 641 g/mol. The van der Waals surface area contributed by atoms with E-state index in [0.717, 1.165) is 45.9 Å². The van der Waals surface area contributed by atoms with Crippen molar-refractivity contribution in [2.24, 2.45) is 5.73 Å². The van der Waals surface area contributed by atoms with Crippen LogP contribution in [0.3, 0.4) is 0 Å². The van der Waals surface area contributed by atoms with E-state index in [2.05, 4.69) is 48.3 Å². The fraction of sp³-hybridized carbons (Fsp3) is 0.405. The summed E-state index contributed by atoms with van der Waals surface area (Å²) in [6.07, 6.45) is 10.1. The smallest absolute Gasteiger partial charge is 0.262 e. The molecule has 2 amide bonds. The summed E-state index contributed by atoms with van der Waals surface area (Å²) in [5.41, 5.74) is 9.26. The van der Waals surface area contributed by atoms with E-state index in [1.165, 1.54) is 37.0 Å². The number of thiophene rings is 1. The van der Waals surface area contributed by atoms with Crippen molar-refractivity contribution in [2.75, 3.05) is 19.7 Å². The number of unbranched alkanes of at least 4 members (excludes halogenated alkanes) is 4. The highest BCUT2D eigenvalue weighted by atomic mass is 32.1. The van der Waals surface area contributed by atoms with Crippen molar-refractivity contribution in [1.82, 2.24) is 20.6 Å². The second kappa shape index (κ2) is 17.0. The van der Waals surface area contributed by atoms with E-state index in [1.807, 2.05) is 73.1 Å². The largest absolute Gasteiger partial charge is 0.494 e. The lowest BCUT2D eigenvalue weighted by molar-refractivity contribution is -0.122. The van der Waals surface area contributed by atoms with E-state index in [0.29, 0.717) is 30.2 Å². The van der Waals surface area contributed by atoms with Crippen LogP contribution in [0.4, 0.5) is 0 Å². The molecule has 0 saturated carbocycles. The number of amides is 2. The van der Waals surface area contributed by atoms with Crippen molar-refractivity contribution >= 4 is 23.2 Å². The van der Waals surface area contributed by atoms with Gasteiger partial charge in [0.2, 0.25) is 5.91 Å². The molecule has 2 aromatic carbocycles. The molecule has 1 unspecified atom stereocenters. The number of carbonyl (C=O) groups excluding carboxylic acids is 2. The highest BCUT2D eigenvalue weighted by Crippen LogP contribution is 2.29. The average molecular weight is 642 g/mol. The van der Waals surface area contributed by atoms with Gasteiger partial charge in [0.1, 0.15) is 11.8 Å². The molecule has 4 rings (SSSR count). The Morgan fingerprint density at radius 1 is 0.870 bits per heavy atom. The molecule has 46 heavy (non-hydrogen) atoms. The summed E-state index contributed by atoms with van der Waals surface area (Å²) in [5, 5.41) is 5.74. The van der Waals surface area contributed by atoms with E-state index in [4.69, 9.17) is 10.5 Å². The Kier molecular flexibility index (Phi) is 12.9. The molecule has 244 valence electrons. The summed E-state index contributed by atoms with van der Waals surface area (Å²) in [6.45, 7) is 9.94. The number of nitrogens with two attached hydrogens (primary N) is 1. The van der Waals surface area contributed by atoms with Crippen LogP contribution in [-0.4, -0.2) is 47.5 Å². The van der Waals surface area contributed by atoms with Crippen LogP contribution >= 0.6 is 11.3 Å². The van der Waals surface area contributed by atoms with Crippen LogP contribution in [-0.2, 0) is 16.6 Å². The Morgan fingerprint density at radius 2 is 1.54 bits per heavy atom. The zero-order chi connectivity index (χ0) is 32.9. The summed E-state index contributed by atoms with van der Waals surface area (Å²) in [4.78, 5) is 37.0. The molecule has 0 spiro atoms. The van der Waals surface area contributed by atoms with Gasteiger partial charge in [-0.3, -0.25) is 9.59 Å². The van der Waals surface area contributed by atoms with E-state index < -0.39 is 6.04 Å². The molecule has 4 N–H and O–H groups in total. The molecule has 8 nitrogen and oxygen atoms in total. The molecule has 0 aliphatic rings. The molecule has 0 aliphatic carbocycles. The van der Waals surface area contributed by atoms with Gasteiger partial charge in [-0.2, -0.15) is 0 Å². The van der Waals surface area contributed by atoms with E-state index >= 15 is 0 Å². The highest BCUT2D eigenvalue weighted by molar-refractivity contribution is 7.14. The maximum atomic E-state index is 13.1. The van der Waals surface area contributed by atoms with Crippen molar-refractivity contribution in [1.29, 1.82) is 0 Å². The number of carbonyl (C=O) groups is 2. The summed E-state index contributed by atoms with van der Waals surface area (Å²) in [5.74, 6) is 0.947. The molecule has 1 atom stereocenters. The molecular weight excluding hydrogens is 595 g/mol. The highest BCUT2D eigenvalue weighted by Gasteiger charge is 2.24. The molecule has 0 bridgehead atoms. The lowest BCUT2D eigenvalue weighted by atomic mass is 9.95. The number of hydrogen-bond acceptors (Lipinski definition) is 7. The van der Waals surface area contributed by atoms with Gasteiger partial charge in [0.25, 0.3) is 5.91 Å². The van der Waals surface area contributed by atoms with Crippen LogP contribution in [0.1, 0.15) is 79.9 Å². The van der Waals surface area contributed by atoms with Crippen molar-refractivity contribution in [3.8, 4) is 28.3 Å². The van der Waals surface area contributed by atoms with E-state index in [9.17, 15) is 9.59 Å². The maximum Gasteiger partial charge on any atom is 0.262 e. The van der Waals surface area contributed by atoms with Crippen LogP contribution in [0.2, 0.25) is 0 Å². The fourth-order valence-corrected chi connectivity index (χ4v) is 5.88.